The molecule has 1 saturated carbocycles. The second-order valence-corrected chi connectivity index (χ2v) is 4.31. The molecule has 0 aromatic heterocycles. The molecule has 1 rings (SSSR count). The Morgan fingerprint density at radius 1 is 1.13 bits per heavy atom. The Morgan fingerprint density at radius 3 is 1.93 bits per heavy atom. The molecule has 2 nitrogen and oxygen atoms in total. The number of carbonyl (C=O) groups is 1. The summed E-state index contributed by atoms with van der Waals surface area (Å²) in [6.45, 7) is 9.90. The van der Waals surface area contributed by atoms with E-state index in [-0.39, 0.29) is 5.91 Å². The smallest absolute Gasteiger partial charge is 0.219 e. The zero-order valence-corrected chi connectivity index (χ0v) is 11.0. The van der Waals surface area contributed by atoms with Crippen LogP contribution in [0.5, 0.6) is 0 Å². The Labute approximate surface area is 95.0 Å². The molecular formula is C13H27NO. The average molecular weight is 213 g/mol. The van der Waals surface area contributed by atoms with Crippen molar-refractivity contribution < 1.29 is 4.79 Å². The quantitative estimate of drug-likeness (QED) is 0.686. The average Bonchev–Trinajstić information content (AvgIpc) is 2.21. The van der Waals surface area contributed by atoms with Gasteiger partial charge in [-0.05, 0) is 26.7 Å². The van der Waals surface area contributed by atoms with Gasteiger partial charge in [-0.1, -0.05) is 33.1 Å². The highest BCUT2D eigenvalue weighted by molar-refractivity contribution is 5.73. The van der Waals surface area contributed by atoms with Gasteiger partial charge < -0.3 is 4.90 Å². The maximum absolute atomic E-state index is 11.4. The Morgan fingerprint density at radius 2 is 1.60 bits per heavy atom. The van der Waals surface area contributed by atoms with Gasteiger partial charge in [-0.15, -0.1) is 0 Å². The minimum atomic E-state index is 0.238. The normalized spacial score (nSPS) is 16.9. The standard InChI is InChI=1S/C11H21NO.C2H6/c1-9(2)12(10(3)13)11-7-5-4-6-8-11;1-2/h9,11H,4-8H2,1-3H3;1-2H3. The zero-order valence-electron chi connectivity index (χ0n) is 11.0. The molecule has 1 fully saturated rings. The fourth-order valence-electron chi connectivity index (χ4n) is 2.40. The van der Waals surface area contributed by atoms with Gasteiger partial charge in [0.25, 0.3) is 0 Å². The van der Waals surface area contributed by atoms with Gasteiger partial charge in [0.2, 0.25) is 5.91 Å². The number of amides is 1. The molecule has 0 radical (unpaired) electrons. The van der Waals surface area contributed by atoms with Crippen LogP contribution < -0.4 is 0 Å². The van der Waals surface area contributed by atoms with E-state index in [2.05, 4.69) is 18.7 Å². The van der Waals surface area contributed by atoms with Gasteiger partial charge in [0.05, 0.1) is 0 Å². The molecule has 0 unspecified atom stereocenters. The third-order valence-corrected chi connectivity index (χ3v) is 2.89. The molecule has 0 bridgehead atoms. The third-order valence-electron chi connectivity index (χ3n) is 2.89. The van der Waals surface area contributed by atoms with Gasteiger partial charge in [0, 0.05) is 19.0 Å². The molecule has 0 N–H and O–H groups in total. The van der Waals surface area contributed by atoms with E-state index in [1.165, 1.54) is 32.1 Å². The number of rotatable bonds is 2. The molecular weight excluding hydrogens is 186 g/mol. The summed E-state index contributed by atoms with van der Waals surface area (Å²) in [5, 5.41) is 0. The van der Waals surface area contributed by atoms with E-state index in [4.69, 9.17) is 0 Å². The lowest BCUT2D eigenvalue weighted by Crippen LogP contribution is -2.44. The van der Waals surface area contributed by atoms with Crippen LogP contribution in [0.15, 0.2) is 0 Å². The van der Waals surface area contributed by atoms with E-state index in [0.717, 1.165) is 0 Å². The van der Waals surface area contributed by atoms with Crippen molar-refractivity contribution in [1.82, 2.24) is 4.90 Å². The van der Waals surface area contributed by atoms with E-state index in [0.29, 0.717) is 12.1 Å². The topological polar surface area (TPSA) is 20.3 Å². The summed E-state index contributed by atoms with van der Waals surface area (Å²) >= 11 is 0. The van der Waals surface area contributed by atoms with Crippen LogP contribution in [-0.2, 0) is 4.79 Å². The molecule has 0 heterocycles. The predicted octanol–water partition coefficient (Wildman–Crippen LogP) is 3.60. The molecule has 0 saturated heterocycles. The van der Waals surface area contributed by atoms with Crippen molar-refractivity contribution >= 4 is 5.91 Å². The fraction of sp³-hybridized carbons (Fsp3) is 0.923. The number of carbonyl (C=O) groups excluding carboxylic acids is 1. The van der Waals surface area contributed by atoms with Crippen molar-refractivity contribution in [2.45, 2.75) is 78.8 Å². The first-order valence-corrected chi connectivity index (χ1v) is 6.42. The summed E-state index contributed by atoms with van der Waals surface area (Å²) in [6, 6.07) is 0.881. The number of hydrogen-bond acceptors (Lipinski definition) is 1. The van der Waals surface area contributed by atoms with Gasteiger partial charge in [-0.25, -0.2) is 0 Å². The SMILES string of the molecule is CC.CC(=O)N(C(C)C)C1CCCCC1. The minimum Gasteiger partial charge on any atom is -0.338 e. The van der Waals surface area contributed by atoms with Crippen molar-refractivity contribution in [2.24, 2.45) is 0 Å². The van der Waals surface area contributed by atoms with Gasteiger partial charge in [0.15, 0.2) is 0 Å². The van der Waals surface area contributed by atoms with Crippen molar-refractivity contribution in [1.29, 1.82) is 0 Å². The van der Waals surface area contributed by atoms with E-state index in [1.807, 2.05) is 13.8 Å². The highest BCUT2D eigenvalue weighted by atomic mass is 16.2. The lowest BCUT2D eigenvalue weighted by molar-refractivity contribution is -0.133. The van der Waals surface area contributed by atoms with Crippen molar-refractivity contribution in [2.75, 3.05) is 0 Å². The lowest BCUT2D eigenvalue weighted by atomic mass is 9.93. The Balaban J connectivity index is 0.000000921. The number of hydrogen-bond donors (Lipinski definition) is 0. The third kappa shape index (κ3) is 4.67. The van der Waals surface area contributed by atoms with E-state index < -0.39 is 0 Å². The Kier molecular flexibility index (Phi) is 7.45. The maximum Gasteiger partial charge on any atom is 0.219 e. The molecule has 2 heteroatoms. The Hall–Kier alpha value is -0.530. The Bertz CT molecular complexity index is 171. The van der Waals surface area contributed by atoms with Crippen LogP contribution in [0.4, 0.5) is 0 Å². The molecule has 0 spiro atoms. The minimum absolute atomic E-state index is 0.238. The maximum atomic E-state index is 11.4. The fourth-order valence-corrected chi connectivity index (χ4v) is 2.40. The van der Waals surface area contributed by atoms with Crippen LogP contribution in [0.3, 0.4) is 0 Å². The van der Waals surface area contributed by atoms with Crippen LogP contribution in [0, 0.1) is 0 Å². The van der Waals surface area contributed by atoms with Crippen LogP contribution in [0.2, 0.25) is 0 Å². The van der Waals surface area contributed by atoms with Crippen LogP contribution in [0.25, 0.3) is 0 Å². The molecule has 0 aliphatic heterocycles. The summed E-state index contributed by atoms with van der Waals surface area (Å²) in [5.74, 6) is 0.238. The largest absolute Gasteiger partial charge is 0.338 e. The summed E-state index contributed by atoms with van der Waals surface area (Å²) in [4.78, 5) is 13.5. The van der Waals surface area contributed by atoms with Gasteiger partial charge >= 0.3 is 0 Å². The van der Waals surface area contributed by atoms with Crippen LogP contribution >= 0.6 is 0 Å². The molecule has 0 aromatic rings. The summed E-state index contributed by atoms with van der Waals surface area (Å²) in [7, 11) is 0. The van der Waals surface area contributed by atoms with Crippen molar-refractivity contribution in [3.05, 3.63) is 0 Å². The van der Waals surface area contributed by atoms with E-state index in [9.17, 15) is 4.79 Å². The van der Waals surface area contributed by atoms with Gasteiger partial charge in [-0.3, -0.25) is 4.79 Å². The summed E-state index contributed by atoms with van der Waals surface area (Å²) < 4.78 is 0. The van der Waals surface area contributed by atoms with E-state index >= 15 is 0 Å². The van der Waals surface area contributed by atoms with Crippen molar-refractivity contribution in [3.8, 4) is 0 Å². The first kappa shape index (κ1) is 14.5. The molecule has 0 atom stereocenters. The van der Waals surface area contributed by atoms with Gasteiger partial charge in [-0.2, -0.15) is 0 Å². The molecule has 0 aromatic carbocycles. The monoisotopic (exact) mass is 213 g/mol. The number of nitrogens with zero attached hydrogens (tertiary/aromatic N) is 1. The highest BCUT2D eigenvalue weighted by Crippen LogP contribution is 2.24. The zero-order chi connectivity index (χ0) is 11.8. The van der Waals surface area contributed by atoms with Gasteiger partial charge in [0.1, 0.15) is 0 Å². The summed E-state index contributed by atoms with van der Waals surface area (Å²) in [6.07, 6.45) is 6.35. The first-order chi connectivity index (χ1) is 7.13. The molecule has 1 amide bonds. The molecule has 90 valence electrons. The second-order valence-electron chi connectivity index (χ2n) is 4.31. The molecule has 1 aliphatic carbocycles. The lowest BCUT2D eigenvalue weighted by Gasteiger charge is -2.36. The molecule has 1 aliphatic rings. The first-order valence-electron chi connectivity index (χ1n) is 6.42. The van der Waals surface area contributed by atoms with E-state index in [1.54, 1.807) is 6.92 Å². The second kappa shape index (κ2) is 7.72. The predicted molar refractivity (Wildman–Crippen MR) is 65.9 cm³/mol. The van der Waals surface area contributed by atoms with Crippen molar-refractivity contribution in [3.63, 3.8) is 0 Å². The highest BCUT2D eigenvalue weighted by Gasteiger charge is 2.24. The summed E-state index contributed by atoms with van der Waals surface area (Å²) in [5.41, 5.74) is 0. The van der Waals surface area contributed by atoms with Crippen LogP contribution in [-0.4, -0.2) is 22.9 Å². The molecule has 15 heavy (non-hydrogen) atoms. The van der Waals surface area contributed by atoms with Crippen LogP contribution in [0.1, 0.15) is 66.7 Å².